The summed E-state index contributed by atoms with van der Waals surface area (Å²) in [4.78, 5) is 37.8. The van der Waals surface area contributed by atoms with E-state index in [1.54, 1.807) is 0 Å². The van der Waals surface area contributed by atoms with Crippen molar-refractivity contribution < 1.29 is 32.6 Å². The second kappa shape index (κ2) is 8.31. The van der Waals surface area contributed by atoms with Gasteiger partial charge in [-0.25, -0.2) is 8.78 Å². The lowest BCUT2D eigenvalue weighted by atomic mass is 9.71. The third-order valence-corrected chi connectivity index (χ3v) is 7.41. The van der Waals surface area contributed by atoms with Crippen molar-refractivity contribution in [3.8, 4) is 0 Å². The van der Waals surface area contributed by atoms with Crippen LogP contribution in [0, 0.1) is 35.5 Å². The van der Waals surface area contributed by atoms with Crippen LogP contribution in [0.4, 0.5) is 8.78 Å². The van der Waals surface area contributed by atoms with Gasteiger partial charge >= 0.3 is 11.9 Å². The van der Waals surface area contributed by atoms with E-state index in [9.17, 15) is 23.2 Å². The Morgan fingerprint density at radius 1 is 1.00 bits per heavy atom. The fourth-order valence-corrected chi connectivity index (χ4v) is 5.65. The lowest BCUT2D eigenvalue weighted by Crippen LogP contribution is -2.47. The molecule has 29 heavy (non-hydrogen) atoms. The number of hydrogen-bond donors (Lipinski definition) is 0. The molecule has 0 amide bonds. The molecule has 5 nitrogen and oxygen atoms in total. The summed E-state index contributed by atoms with van der Waals surface area (Å²) in [6.45, 7) is 5.23. The van der Waals surface area contributed by atoms with Crippen molar-refractivity contribution in [2.45, 2.75) is 84.4 Å². The SMILES string of the molecule is CC(=O)C1C2CC(C(OC(=O)C3CCCCC3)C2C)C1C(=O)OC(C)C(C)(F)F. The molecule has 3 saturated carbocycles. The number of carbonyl (C=O) groups excluding carboxylic acids is 3. The quantitative estimate of drug-likeness (QED) is 0.610. The minimum atomic E-state index is -3.17. The minimum Gasteiger partial charge on any atom is -0.462 e. The van der Waals surface area contributed by atoms with Crippen molar-refractivity contribution in [2.24, 2.45) is 35.5 Å². The maximum Gasteiger partial charge on any atom is 0.310 e. The van der Waals surface area contributed by atoms with Crippen molar-refractivity contribution in [1.82, 2.24) is 0 Å². The third-order valence-electron chi connectivity index (χ3n) is 7.41. The predicted molar refractivity (Wildman–Crippen MR) is 101 cm³/mol. The van der Waals surface area contributed by atoms with Crippen LogP contribution in [-0.4, -0.2) is 35.9 Å². The maximum absolute atomic E-state index is 13.5. The Morgan fingerprint density at radius 2 is 1.62 bits per heavy atom. The van der Waals surface area contributed by atoms with Gasteiger partial charge in [0.05, 0.1) is 11.8 Å². The molecule has 0 heterocycles. The molecule has 0 radical (unpaired) electrons. The van der Waals surface area contributed by atoms with E-state index >= 15 is 0 Å². The van der Waals surface area contributed by atoms with Gasteiger partial charge in [0, 0.05) is 18.8 Å². The number of fused-ring (bicyclic) bond motifs is 2. The first kappa shape index (κ1) is 22.2. The largest absolute Gasteiger partial charge is 0.462 e. The third kappa shape index (κ3) is 4.33. The van der Waals surface area contributed by atoms with E-state index in [1.807, 2.05) is 6.92 Å². The molecule has 3 rings (SSSR count). The van der Waals surface area contributed by atoms with Crippen LogP contribution in [0.2, 0.25) is 0 Å². The van der Waals surface area contributed by atoms with Crippen LogP contribution in [-0.2, 0) is 23.9 Å². The van der Waals surface area contributed by atoms with Crippen LogP contribution in [0.1, 0.15) is 66.2 Å². The summed E-state index contributed by atoms with van der Waals surface area (Å²) in [5.41, 5.74) is 0. The fraction of sp³-hybridized carbons (Fsp3) is 0.864. The standard InChI is InChI=1S/C22H32F2O5/c1-11-15-10-16(19(11)29-20(26)14-8-6-5-7-9-14)18(17(15)12(2)25)21(27)28-13(3)22(4,23)24/h11,13-19H,5-10H2,1-4H3. The second-order valence-electron chi connectivity index (χ2n) is 9.36. The number of ketones is 1. The topological polar surface area (TPSA) is 69.7 Å². The van der Waals surface area contributed by atoms with E-state index in [0.29, 0.717) is 13.3 Å². The summed E-state index contributed by atoms with van der Waals surface area (Å²) in [6, 6.07) is 0. The lowest BCUT2D eigenvalue weighted by Gasteiger charge is -2.38. The monoisotopic (exact) mass is 414 g/mol. The lowest BCUT2D eigenvalue weighted by molar-refractivity contribution is -0.183. The molecule has 0 aliphatic heterocycles. The van der Waals surface area contributed by atoms with Crippen LogP contribution < -0.4 is 0 Å². The van der Waals surface area contributed by atoms with Gasteiger partial charge in [-0.3, -0.25) is 14.4 Å². The molecular weight excluding hydrogens is 382 g/mol. The van der Waals surface area contributed by atoms with Gasteiger partial charge in [0.1, 0.15) is 11.9 Å². The Morgan fingerprint density at radius 3 is 2.17 bits per heavy atom. The van der Waals surface area contributed by atoms with Gasteiger partial charge < -0.3 is 9.47 Å². The second-order valence-corrected chi connectivity index (χ2v) is 9.36. The van der Waals surface area contributed by atoms with E-state index in [1.165, 1.54) is 6.92 Å². The number of halogens is 2. The number of hydrogen-bond acceptors (Lipinski definition) is 5. The van der Waals surface area contributed by atoms with E-state index in [-0.39, 0.29) is 35.4 Å². The van der Waals surface area contributed by atoms with Gasteiger partial charge in [0.2, 0.25) is 0 Å². The first-order valence-corrected chi connectivity index (χ1v) is 10.8. The molecule has 0 spiro atoms. The highest BCUT2D eigenvalue weighted by molar-refractivity contribution is 5.87. The van der Waals surface area contributed by atoms with Gasteiger partial charge in [0.15, 0.2) is 6.10 Å². The van der Waals surface area contributed by atoms with E-state index in [0.717, 1.165) is 39.0 Å². The smallest absolute Gasteiger partial charge is 0.310 e. The highest BCUT2D eigenvalue weighted by Gasteiger charge is 2.62. The van der Waals surface area contributed by atoms with E-state index in [4.69, 9.17) is 9.47 Å². The number of Topliss-reactive ketones (excluding diaryl/α,β-unsaturated/α-hetero) is 1. The van der Waals surface area contributed by atoms with Crippen molar-refractivity contribution in [2.75, 3.05) is 0 Å². The van der Waals surface area contributed by atoms with E-state index in [2.05, 4.69) is 0 Å². The molecule has 0 aromatic carbocycles. The van der Waals surface area contributed by atoms with Crippen LogP contribution in [0.25, 0.3) is 0 Å². The molecule has 7 atom stereocenters. The first-order chi connectivity index (χ1) is 13.5. The molecule has 164 valence electrons. The Hall–Kier alpha value is -1.53. The molecule has 0 saturated heterocycles. The molecule has 7 heteroatoms. The van der Waals surface area contributed by atoms with Crippen LogP contribution in [0.5, 0.6) is 0 Å². The van der Waals surface area contributed by atoms with Crippen LogP contribution in [0.15, 0.2) is 0 Å². The van der Waals surface area contributed by atoms with Gasteiger partial charge in [-0.15, -0.1) is 0 Å². The number of ether oxygens (including phenoxy) is 2. The highest BCUT2D eigenvalue weighted by atomic mass is 19.3. The molecule has 7 unspecified atom stereocenters. The van der Waals surface area contributed by atoms with Gasteiger partial charge in [-0.2, -0.15) is 0 Å². The van der Waals surface area contributed by atoms with Crippen molar-refractivity contribution >= 4 is 17.7 Å². The molecule has 0 aromatic heterocycles. The predicted octanol–water partition coefficient (Wildman–Crippen LogP) is 4.17. The minimum absolute atomic E-state index is 0.0458. The molecule has 2 bridgehead atoms. The fourth-order valence-electron chi connectivity index (χ4n) is 5.65. The highest BCUT2D eigenvalue weighted by Crippen LogP contribution is 2.57. The Labute approximate surface area is 170 Å². The molecule has 0 N–H and O–H groups in total. The zero-order valence-corrected chi connectivity index (χ0v) is 17.7. The number of rotatable bonds is 6. The summed E-state index contributed by atoms with van der Waals surface area (Å²) in [7, 11) is 0. The Balaban J connectivity index is 1.75. The molecule has 3 aliphatic carbocycles. The number of carbonyl (C=O) groups is 3. The summed E-state index contributed by atoms with van der Waals surface area (Å²) in [6.07, 6.45) is 3.31. The van der Waals surface area contributed by atoms with Gasteiger partial charge in [-0.1, -0.05) is 26.2 Å². The molecule has 0 aromatic rings. The molecule has 3 aliphatic rings. The molecule has 3 fully saturated rings. The zero-order chi connectivity index (χ0) is 21.5. The average molecular weight is 414 g/mol. The van der Waals surface area contributed by atoms with E-state index < -0.39 is 35.9 Å². The summed E-state index contributed by atoms with van der Waals surface area (Å²) >= 11 is 0. The van der Waals surface area contributed by atoms with Crippen LogP contribution in [0.3, 0.4) is 0 Å². The first-order valence-electron chi connectivity index (χ1n) is 10.8. The normalized spacial score (nSPS) is 35.9. The van der Waals surface area contributed by atoms with Gasteiger partial charge in [-0.05, 0) is 44.9 Å². The number of esters is 2. The van der Waals surface area contributed by atoms with Crippen LogP contribution >= 0.6 is 0 Å². The summed E-state index contributed by atoms with van der Waals surface area (Å²) in [5, 5.41) is 0. The number of alkyl halides is 2. The average Bonchev–Trinajstić information content (AvgIpc) is 3.18. The van der Waals surface area contributed by atoms with Crippen molar-refractivity contribution in [1.29, 1.82) is 0 Å². The summed E-state index contributed by atoms with van der Waals surface area (Å²) in [5.74, 6) is -6.33. The Kier molecular flexibility index (Phi) is 6.35. The molecular formula is C22H32F2O5. The maximum atomic E-state index is 13.5. The summed E-state index contributed by atoms with van der Waals surface area (Å²) < 4.78 is 37.9. The van der Waals surface area contributed by atoms with Crippen molar-refractivity contribution in [3.63, 3.8) is 0 Å². The zero-order valence-electron chi connectivity index (χ0n) is 17.7. The van der Waals surface area contributed by atoms with Crippen molar-refractivity contribution in [3.05, 3.63) is 0 Å². The Bertz CT molecular complexity index is 652. The van der Waals surface area contributed by atoms with Gasteiger partial charge in [0.25, 0.3) is 5.92 Å².